The fraction of sp³-hybridized carbons (Fsp3) is 0.830. The van der Waals surface area contributed by atoms with Crippen molar-refractivity contribution in [3.05, 3.63) is 36.5 Å². The summed E-state index contributed by atoms with van der Waals surface area (Å²) in [5.41, 5.74) is 5.35. The Balaban J connectivity index is 4.08. The first-order valence-electron chi connectivity index (χ1n) is 23.5. The van der Waals surface area contributed by atoms with Crippen molar-refractivity contribution in [2.24, 2.45) is 5.73 Å². The molecule has 0 bridgehead atoms. The zero-order valence-electron chi connectivity index (χ0n) is 36.8. The molecule has 0 radical (unpaired) electrons. The van der Waals surface area contributed by atoms with Crippen molar-refractivity contribution < 1.29 is 37.6 Å². The number of nitrogens with two attached hydrogens (primary N) is 1. The number of phosphoric ester groups is 1. The molecule has 0 fully saturated rings. The molecule has 9 nitrogen and oxygen atoms in total. The third-order valence-electron chi connectivity index (χ3n) is 10.00. The molecule has 0 heterocycles. The van der Waals surface area contributed by atoms with E-state index in [1.54, 1.807) is 0 Å². The van der Waals surface area contributed by atoms with Crippen molar-refractivity contribution in [3.63, 3.8) is 0 Å². The summed E-state index contributed by atoms with van der Waals surface area (Å²) in [5, 5.41) is 0. The Morgan fingerprint density at radius 2 is 0.912 bits per heavy atom. The van der Waals surface area contributed by atoms with Crippen LogP contribution in [0.25, 0.3) is 0 Å². The van der Waals surface area contributed by atoms with Crippen LogP contribution in [0.15, 0.2) is 36.5 Å². The molecule has 3 N–H and O–H groups in total. The van der Waals surface area contributed by atoms with Crippen molar-refractivity contribution in [3.8, 4) is 0 Å². The van der Waals surface area contributed by atoms with Gasteiger partial charge in [0.2, 0.25) is 0 Å². The number of rotatable bonds is 44. The number of carbonyl (C=O) groups excluding carboxylic acids is 2. The lowest BCUT2D eigenvalue weighted by atomic mass is 10.0. The van der Waals surface area contributed by atoms with E-state index in [4.69, 9.17) is 24.3 Å². The van der Waals surface area contributed by atoms with Crippen molar-refractivity contribution in [1.82, 2.24) is 0 Å². The Morgan fingerprint density at radius 3 is 1.39 bits per heavy atom. The maximum atomic E-state index is 12.6. The standard InChI is InChI=1S/C47H88NO8P/c1-3-5-7-9-11-13-15-17-19-20-21-22-23-24-26-27-29-31-33-35-37-39-46(49)53-43-45(44-55-57(51,52)54-42-41-48)56-47(50)40-38-36-34-32-30-28-25-18-16-14-12-10-8-6-4-2/h12,14,17-19,25,45H,3-11,13,15-16,20-24,26-44,48H2,1-2H3,(H,51,52)/t45-/m1/s1. The minimum absolute atomic E-state index is 0.0509. The largest absolute Gasteiger partial charge is 0.472 e. The second-order valence-corrected chi connectivity index (χ2v) is 17.1. The minimum atomic E-state index is -4.38. The first-order chi connectivity index (χ1) is 27.8. The Hall–Kier alpha value is -1.77. The van der Waals surface area contributed by atoms with E-state index in [0.29, 0.717) is 6.42 Å². The Bertz CT molecular complexity index is 1030. The lowest BCUT2D eigenvalue weighted by Crippen LogP contribution is -2.29. The van der Waals surface area contributed by atoms with Gasteiger partial charge in [-0.2, -0.15) is 0 Å². The maximum Gasteiger partial charge on any atom is 0.472 e. The van der Waals surface area contributed by atoms with E-state index in [9.17, 15) is 19.0 Å². The van der Waals surface area contributed by atoms with Crippen molar-refractivity contribution in [1.29, 1.82) is 0 Å². The molecule has 334 valence electrons. The number of esters is 2. The fourth-order valence-corrected chi connectivity index (χ4v) is 7.25. The molecule has 0 saturated heterocycles. The van der Waals surface area contributed by atoms with Crippen molar-refractivity contribution in [2.75, 3.05) is 26.4 Å². The van der Waals surface area contributed by atoms with Crippen LogP contribution in [0.5, 0.6) is 0 Å². The Labute approximate surface area is 350 Å². The average Bonchev–Trinajstić information content (AvgIpc) is 3.20. The summed E-state index contributed by atoms with van der Waals surface area (Å²) in [7, 11) is -4.38. The highest BCUT2D eigenvalue weighted by Gasteiger charge is 2.26. The number of ether oxygens (including phenoxy) is 2. The summed E-state index contributed by atoms with van der Waals surface area (Å²) in [6.07, 6.45) is 48.9. The number of hydrogen-bond acceptors (Lipinski definition) is 8. The molecule has 0 spiro atoms. The van der Waals surface area contributed by atoms with Crippen LogP contribution in [-0.2, 0) is 32.7 Å². The zero-order valence-corrected chi connectivity index (χ0v) is 37.7. The first kappa shape index (κ1) is 55.2. The van der Waals surface area contributed by atoms with Crippen LogP contribution in [0.4, 0.5) is 0 Å². The van der Waals surface area contributed by atoms with Gasteiger partial charge in [-0.1, -0.05) is 172 Å². The summed E-state index contributed by atoms with van der Waals surface area (Å²) < 4.78 is 32.8. The van der Waals surface area contributed by atoms with Gasteiger partial charge in [0.1, 0.15) is 6.61 Å². The van der Waals surface area contributed by atoms with E-state index in [-0.39, 0.29) is 38.6 Å². The molecule has 10 heteroatoms. The van der Waals surface area contributed by atoms with Gasteiger partial charge < -0.3 is 20.1 Å². The normalized spacial score (nSPS) is 13.5. The van der Waals surface area contributed by atoms with Crippen molar-refractivity contribution in [2.45, 2.75) is 225 Å². The predicted octanol–water partition coefficient (Wildman–Crippen LogP) is 13.7. The lowest BCUT2D eigenvalue weighted by molar-refractivity contribution is -0.161. The Kier molecular flexibility index (Phi) is 42.4. The van der Waals surface area contributed by atoms with Crippen LogP contribution >= 0.6 is 7.82 Å². The Morgan fingerprint density at radius 1 is 0.526 bits per heavy atom. The van der Waals surface area contributed by atoms with Gasteiger partial charge in [-0.3, -0.25) is 18.6 Å². The number of allylic oxidation sites excluding steroid dienone is 6. The highest BCUT2D eigenvalue weighted by Crippen LogP contribution is 2.43. The summed E-state index contributed by atoms with van der Waals surface area (Å²) in [6.45, 7) is 3.70. The molecule has 0 rings (SSSR count). The molecular weight excluding hydrogens is 737 g/mol. The van der Waals surface area contributed by atoms with Crippen molar-refractivity contribution >= 4 is 19.8 Å². The van der Waals surface area contributed by atoms with E-state index < -0.39 is 26.5 Å². The molecule has 0 aliphatic rings. The van der Waals surface area contributed by atoms with Gasteiger partial charge >= 0.3 is 19.8 Å². The first-order valence-corrected chi connectivity index (χ1v) is 25.0. The van der Waals surface area contributed by atoms with Gasteiger partial charge in [0.15, 0.2) is 6.10 Å². The molecule has 0 saturated carbocycles. The van der Waals surface area contributed by atoms with E-state index in [0.717, 1.165) is 57.8 Å². The van der Waals surface area contributed by atoms with Crippen LogP contribution in [0.1, 0.15) is 219 Å². The summed E-state index contributed by atoms with van der Waals surface area (Å²) in [6, 6.07) is 0. The molecule has 2 atom stereocenters. The van der Waals surface area contributed by atoms with Gasteiger partial charge in [0.25, 0.3) is 0 Å². The quantitative estimate of drug-likeness (QED) is 0.0266. The van der Waals surface area contributed by atoms with Gasteiger partial charge in [-0.15, -0.1) is 0 Å². The van der Waals surface area contributed by atoms with Crippen LogP contribution in [0.2, 0.25) is 0 Å². The van der Waals surface area contributed by atoms with Gasteiger partial charge in [-0.05, 0) is 70.6 Å². The molecule has 0 aliphatic carbocycles. The fourth-order valence-electron chi connectivity index (χ4n) is 6.48. The molecule has 0 aromatic rings. The van der Waals surface area contributed by atoms with E-state index in [1.165, 1.54) is 128 Å². The second-order valence-electron chi connectivity index (χ2n) is 15.6. The SMILES string of the molecule is CCCCCC=CCC=CCCCCCCCC(=O)O[C@H](COC(=O)CCCCCCCCCCCCCC=CCCCCCCCC)COP(=O)(O)OCCN. The molecule has 1 unspecified atom stereocenters. The third-order valence-corrected chi connectivity index (χ3v) is 11.0. The van der Waals surface area contributed by atoms with Crippen LogP contribution < -0.4 is 5.73 Å². The molecular formula is C47H88NO8P. The molecule has 0 aromatic carbocycles. The maximum absolute atomic E-state index is 12.6. The van der Waals surface area contributed by atoms with Gasteiger partial charge in [-0.25, -0.2) is 4.57 Å². The number of carbonyl (C=O) groups is 2. The smallest absolute Gasteiger partial charge is 0.462 e. The summed E-state index contributed by atoms with van der Waals surface area (Å²) >= 11 is 0. The number of hydrogen-bond donors (Lipinski definition) is 2. The predicted molar refractivity (Wildman–Crippen MR) is 238 cm³/mol. The number of unbranched alkanes of at least 4 members (excludes halogenated alkanes) is 25. The molecule has 0 aliphatic heterocycles. The second kappa shape index (κ2) is 43.8. The molecule has 0 amide bonds. The summed E-state index contributed by atoms with van der Waals surface area (Å²) in [5.74, 6) is -0.840. The monoisotopic (exact) mass is 826 g/mol. The highest BCUT2D eigenvalue weighted by molar-refractivity contribution is 7.47. The van der Waals surface area contributed by atoms with E-state index in [2.05, 4.69) is 50.3 Å². The van der Waals surface area contributed by atoms with Crippen LogP contribution in [0.3, 0.4) is 0 Å². The average molecular weight is 826 g/mol. The topological polar surface area (TPSA) is 134 Å². The molecule has 0 aromatic heterocycles. The van der Waals surface area contributed by atoms with Gasteiger partial charge in [0, 0.05) is 19.4 Å². The van der Waals surface area contributed by atoms with Crippen LogP contribution in [-0.4, -0.2) is 49.3 Å². The summed E-state index contributed by atoms with van der Waals surface area (Å²) in [4.78, 5) is 34.9. The zero-order chi connectivity index (χ0) is 41.8. The van der Waals surface area contributed by atoms with E-state index in [1.807, 2.05) is 0 Å². The minimum Gasteiger partial charge on any atom is -0.462 e. The third kappa shape index (κ3) is 43.6. The number of phosphoric acid groups is 1. The molecule has 57 heavy (non-hydrogen) atoms. The lowest BCUT2D eigenvalue weighted by Gasteiger charge is -2.19. The highest BCUT2D eigenvalue weighted by atomic mass is 31.2. The van der Waals surface area contributed by atoms with Crippen LogP contribution in [0, 0.1) is 0 Å². The van der Waals surface area contributed by atoms with Gasteiger partial charge in [0.05, 0.1) is 13.2 Å². The van der Waals surface area contributed by atoms with E-state index >= 15 is 0 Å².